The van der Waals surface area contributed by atoms with Crippen molar-refractivity contribution >= 4 is 23.2 Å². The lowest BCUT2D eigenvalue weighted by Crippen LogP contribution is -2.45. The normalized spacial score (nSPS) is 16.4. The van der Waals surface area contributed by atoms with Gasteiger partial charge in [-0.2, -0.15) is 5.12 Å². The van der Waals surface area contributed by atoms with Crippen LogP contribution in [0.1, 0.15) is 5.56 Å². The third-order valence-corrected chi connectivity index (χ3v) is 4.74. The predicted octanol–water partition coefficient (Wildman–Crippen LogP) is 2.49. The third-order valence-electron chi connectivity index (χ3n) is 4.74. The molecule has 0 radical (unpaired) electrons. The monoisotopic (exact) mass is 433 g/mol. The fourth-order valence-electron chi connectivity index (χ4n) is 3.24. The van der Waals surface area contributed by atoms with Gasteiger partial charge in [-0.15, -0.1) is 0 Å². The standard InChI is InChI=1S/C20H18F3N5O3/c21-12-2-1-3-13(22)19(12)15-4-5-16(20(29)30)28(25-15)26-18-10-14(23)17(11-24-18)27-6-8-31-9-7-27/h1-5,10-11,25H,6-9H2,(H,24,26)(H,29,30). The Hall–Kier alpha value is -3.73. The first-order chi connectivity index (χ1) is 14.9. The average Bonchev–Trinajstić information content (AvgIpc) is 2.74. The van der Waals surface area contributed by atoms with Crippen LogP contribution in [0.3, 0.4) is 0 Å². The summed E-state index contributed by atoms with van der Waals surface area (Å²) >= 11 is 0. The molecule has 0 spiro atoms. The first kappa shape index (κ1) is 20.5. The summed E-state index contributed by atoms with van der Waals surface area (Å²) in [4.78, 5) is 17.5. The van der Waals surface area contributed by atoms with Crippen molar-refractivity contribution in [1.29, 1.82) is 0 Å². The number of anilines is 2. The molecule has 3 N–H and O–H groups in total. The van der Waals surface area contributed by atoms with E-state index < -0.39 is 23.4 Å². The number of morpholine rings is 1. The molecule has 162 valence electrons. The Balaban J connectivity index is 1.58. The second-order valence-corrected chi connectivity index (χ2v) is 6.71. The zero-order valence-corrected chi connectivity index (χ0v) is 16.1. The summed E-state index contributed by atoms with van der Waals surface area (Å²) in [5.74, 6) is -3.55. The van der Waals surface area contributed by atoms with Crippen molar-refractivity contribution in [3.63, 3.8) is 0 Å². The molecule has 8 nitrogen and oxygen atoms in total. The van der Waals surface area contributed by atoms with Crippen LogP contribution in [0.25, 0.3) is 5.70 Å². The van der Waals surface area contributed by atoms with Gasteiger partial charge in [-0.25, -0.2) is 22.9 Å². The highest BCUT2D eigenvalue weighted by atomic mass is 19.1. The van der Waals surface area contributed by atoms with Crippen LogP contribution in [0.5, 0.6) is 0 Å². The third kappa shape index (κ3) is 4.26. The number of pyridine rings is 1. The van der Waals surface area contributed by atoms with Crippen LogP contribution >= 0.6 is 0 Å². The van der Waals surface area contributed by atoms with E-state index >= 15 is 0 Å². The highest BCUT2D eigenvalue weighted by Crippen LogP contribution is 2.26. The molecule has 1 aromatic heterocycles. The topological polar surface area (TPSA) is 90.0 Å². The van der Waals surface area contributed by atoms with Gasteiger partial charge in [-0.05, 0) is 24.3 Å². The van der Waals surface area contributed by atoms with Crippen LogP contribution < -0.4 is 15.8 Å². The first-order valence-corrected chi connectivity index (χ1v) is 9.35. The van der Waals surface area contributed by atoms with Crippen molar-refractivity contribution < 1.29 is 27.8 Å². The Morgan fingerprint density at radius 3 is 2.48 bits per heavy atom. The van der Waals surface area contributed by atoms with Crippen molar-refractivity contribution in [3.05, 3.63) is 71.3 Å². The first-order valence-electron chi connectivity index (χ1n) is 9.35. The summed E-state index contributed by atoms with van der Waals surface area (Å²) in [6, 6.07) is 4.48. The molecule has 31 heavy (non-hydrogen) atoms. The smallest absolute Gasteiger partial charge is 0.356 e. The van der Waals surface area contributed by atoms with E-state index in [-0.39, 0.29) is 22.8 Å². The summed E-state index contributed by atoms with van der Waals surface area (Å²) in [6.45, 7) is 2.00. The number of rotatable bonds is 5. The van der Waals surface area contributed by atoms with E-state index in [0.29, 0.717) is 32.0 Å². The van der Waals surface area contributed by atoms with Gasteiger partial charge in [0, 0.05) is 19.2 Å². The summed E-state index contributed by atoms with van der Waals surface area (Å²) in [5.41, 5.74) is 4.82. The number of aliphatic carboxylic acids is 1. The predicted molar refractivity (Wildman–Crippen MR) is 106 cm³/mol. The van der Waals surface area contributed by atoms with E-state index in [9.17, 15) is 23.1 Å². The van der Waals surface area contributed by atoms with E-state index in [0.717, 1.165) is 29.4 Å². The lowest BCUT2D eigenvalue weighted by atomic mass is 10.1. The van der Waals surface area contributed by atoms with E-state index in [1.165, 1.54) is 18.3 Å². The Morgan fingerprint density at radius 2 is 1.84 bits per heavy atom. The number of carboxylic acids is 1. The maximum atomic E-state index is 14.6. The molecule has 0 atom stereocenters. The average molecular weight is 433 g/mol. The minimum Gasteiger partial charge on any atom is -0.476 e. The van der Waals surface area contributed by atoms with Crippen LogP contribution in [0.4, 0.5) is 24.7 Å². The Morgan fingerprint density at radius 1 is 1.13 bits per heavy atom. The molecule has 11 heteroatoms. The number of halogens is 3. The number of ether oxygens (including phenoxy) is 1. The quantitative estimate of drug-likeness (QED) is 0.663. The second kappa shape index (κ2) is 8.56. The number of carboxylic acid groups (broad SMARTS) is 1. The summed E-state index contributed by atoms with van der Waals surface area (Å²) < 4.78 is 48.2. The summed E-state index contributed by atoms with van der Waals surface area (Å²) in [6.07, 6.45) is 3.72. The molecular formula is C20H18F3N5O3. The Labute approximate surface area is 175 Å². The van der Waals surface area contributed by atoms with Gasteiger partial charge < -0.3 is 14.7 Å². The lowest BCUT2D eigenvalue weighted by Gasteiger charge is -2.31. The number of carbonyl (C=O) groups is 1. The zero-order chi connectivity index (χ0) is 22.0. The highest BCUT2D eigenvalue weighted by Gasteiger charge is 2.25. The number of hydrazine groups is 2. The van der Waals surface area contributed by atoms with Crippen molar-refractivity contribution in [2.24, 2.45) is 0 Å². The molecule has 1 saturated heterocycles. The van der Waals surface area contributed by atoms with E-state index in [4.69, 9.17) is 4.74 Å². The van der Waals surface area contributed by atoms with E-state index in [2.05, 4.69) is 15.8 Å². The molecule has 0 saturated carbocycles. The van der Waals surface area contributed by atoms with Gasteiger partial charge in [0.25, 0.3) is 0 Å². The van der Waals surface area contributed by atoms with E-state index in [1.807, 2.05) is 0 Å². The van der Waals surface area contributed by atoms with Gasteiger partial charge in [0.15, 0.2) is 11.5 Å². The molecule has 0 aliphatic carbocycles. The molecule has 0 unspecified atom stereocenters. The molecule has 4 rings (SSSR count). The molecule has 2 aliphatic heterocycles. The minimum absolute atomic E-state index is 0.00980. The van der Waals surface area contributed by atoms with Gasteiger partial charge >= 0.3 is 5.97 Å². The number of hydrogen-bond acceptors (Lipinski definition) is 7. The van der Waals surface area contributed by atoms with Gasteiger partial charge in [-0.1, -0.05) is 6.07 Å². The van der Waals surface area contributed by atoms with Crippen LogP contribution in [-0.4, -0.2) is 47.5 Å². The van der Waals surface area contributed by atoms with Crippen LogP contribution in [0.2, 0.25) is 0 Å². The van der Waals surface area contributed by atoms with Gasteiger partial charge in [0.2, 0.25) is 0 Å². The van der Waals surface area contributed by atoms with Crippen molar-refractivity contribution in [2.75, 3.05) is 36.6 Å². The fraction of sp³-hybridized carbons (Fsp3) is 0.200. The number of benzene rings is 1. The molecule has 1 aromatic carbocycles. The summed E-state index contributed by atoms with van der Waals surface area (Å²) in [7, 11) is 0. The Bertz CT molecular complexity index is 1050. The van der Waals surface area contributed by atoms with Crippen LogP contribution in [0.15, 0.2) is 48.3 Å². The van der Waals surface area contributed by atoms with Gasteiger partial charge in [-0.3, -0.25) is 10.9 Å². The van der Waals surface area contributed by atoms with E-state index in [1.54, 1.807) is 4.90 Å². The van der Waals surface area contributed by atoms with Gasteiger partial charge in [0.05, 0.1) is 36.4 Å². The zero-order valence-electron chi connectivity index (χ0n) is 16.1. The molecule has 2 aliphatic rings. The maximum absolute atomic E-state index is 14.6. The molecule has 0 bridgehead atoms. The maximum Gasteiger partial charge on any atom is 0.356 e. The summed E-state index contributed by atoms with van der Waals surface area (Å²) in [5, 5.41) is 10.3. The minimum atomic E-state index is -1.32. The second-order valence-electron chi connectivity index (χ2n) is 6.71. The molecule has 2 aromatic rings. The number of hydrogen-bond donors (Lipinski definition) is 3. The molecule has 3 heterocycles. The molecule has 0 amide bonds. The van der Waals surface area contributed by atoms with Crippen LogP contribution in [-0.2, 0) is 9.53 Å². The van der Waals surface area contributed by atoms with Crippen LogP contribution in [0, 0.1) is 17.5 Å². The SMILES string of the molecule is O=C(O)C1=CC=C(c2c(F)cccc2F)NN1Nc1cc(F)c(N2CCOCC2)cn1. The lowest BCUT2D eigenvalue weighted by molar-refractivity contribution is -0.134. The number of allylic oxidation sites excluding steroid dienone is 2. The Kier molecular flexibility index (Phi) is 5.67. The fourth-order valence-corrected chi connectivity index (χ4v) is 3.24. The number of aromatic nitrogens is 1. The van der Waals surface area contributed by atoms with Crippen molar-refractivity contribution in [2.45, 2.75) is 0 Å². The number of nitrogens with one attached hydrogen (secondary N) is 2. The van der Waals surface area contributed by atoms with Crippen molar-refractivity contribution in [3.8, 4) is 0 Å². The van der Waals surface area contributed by atoms with Gasteiger partial charge in [0.1, 0.15) is 17.5 Å². The number of nitrogens with zero attached hydrogens (tertiary/aromatic N) is 3. The molecular weight excluding hydrogens is 415 g/mol. The van der Waals surface area contributed by atoms with Crippen molar-refractivity contribution in [1.82, 2.24) is 15.5 Å². The largest absolute Gasteiger partial charge is 0.476 e. The highest BCUT2D eigenvalue weighted by molar-refractivity contribution is 5.88. The molecule has 1 fully saturated rings.